The molecule has 0 saturated carbocycles. The van der Waals surface area contributed by atoms with Crippen LogP contribution in [-0.4, -0.2) is 36.4 Å². The van der Waals surface area contributed by atoms with Crippen LogP contribution in [0.5, 0.6) is 5.88 Å². The van der Waals surface area contributed by atoms with Crippen LogP contribution in [0, 0.1) is 6.92 Å². The Bertz CT molecular complexity index is 1290. The van der Waals surface area contributed by atoms with Gasteiger partial charge in [-0.1, -0.05) is 0 Å². The Morgan fingerprint density at radius 1 is 1.09 bits per heavy atom. The highest BCUT2D eigenvalue weighted by Crippen LogP contribution is 2.35. The number of aromatic nitrogens is 6. The summed E-state index contributed by atoms with van der Waals surface area (Å²) in [5.41, 5.74) is 5.79. The maximum atomic E-state index is 5.57. The lowest BCUT2D eigenvalue weighted by Gasteiger charge is -2.23. The third-order valence-electron chi connectivity index (χ3n) is 5.81. The summed E-state index contributed by atoms with van der Waals surface area (Å²) in [6.07, 6.45) is 8.22. The quantitative estimate of drug-likeness (QED) is 0.433. The first kappa shape index (κ1) is 21.6. The smallest absolute Gasteiger partial charge is 0.238 e. The largest absolute Gasteiger partial charge is 0.479 e. The van der Waals surface area contributed by atoms with Crippen molar-refractivity contribution in [3.63, 3.8) is 0 Å². The van der Waals surface area contributed by atoms with Gasteiger partial charge in [0.15, 0.2) is 5.13 Å². The van der Waals surface area contributed by atoms with Crippen LogP contribution in [-0.2, 0) is 18.4 Å². The molecule has 0 unspecified atom stereocenters. The first-order valence-corrected chi connectivity index (χ1v) is 12.1. The first-order chi connectivity index (χ1) is 15.8. The van der Waals surface area contributed by atoms with Gasteiger partial charge in [0.05, 0.1) is 36.1 Å². The molecule has 1 N–H and O–H groups in total. The third-order valence-corrected chi connectivity index (χ3v) is 6.57. The number of nitrogens with zero attached hydrogens (tertiary/aromatic N) is 6. The number of pyridine rings is 1. The second-order valence-corrected chi connectivity index (χ2v) is 10.2. The van der Waals surface area contributed by atoms with Crippen LogP contribution in [0.1, 0.15) is 50.6 Å². The number of nitrogens with one attached hydrogen (secondary N) is 1. The molecule has 4 aromatic heterocycles. The van der Waals surface area contributed by atoms with Crippen LogP contribution in [0.15, 0.2) is 30.0 Å². The fourth-order valence-corrected chi connectivity index (χ4v) is 4.90. The van der Waals surface area contributed by atoms with E-state index in [1.807, 2.05) is 35.2 Å². The molecule has 0 radical (unpaired) electrons. The fraction of sp³-hybridized carbons (Fsp3) is 0.417. The van der Waals surface area contributed by atoms with Gasteiger partial charge in [-0.2, -0.15) is 5.10 Å². The molecular formula is C24H29N7OS. The van der Waals surface area contributed by atoms with Gasteiger partial charge in [-0.05, 0) is 65.5 Å². The van der Waals surface area contributed by atoms with E-state index in [1.54, 1.807) is 24.8 Å². The molecule has 0 bridgehead atoms. The van der Waals surface area contributed by atoms with Crippen molar-refractivity contribution in [3.05, 3.63) is 47.0 Å². The van der Waals surface area contributed by atoms with Gasteiger partial charge in [0.1, 0.15) is 17.2 Å². The van der Waals surface area contributed by atoms with Crippen molar-refractivity contribution >= 4 is 22.3 Å². The van der Waals surface area contributed by atoms with E-state index in [0.717, 1.165) is 46.6 Å². The summed E-state index contributed by atoms with van der Waals surface area (Å²) in [6.45, 7) is 8.51. The fourth-order valence-electron chi connectivity index (χ4n) is 4.19. The molecule has 8 nitrogen and oxygen atoms in total. The highest BCUT2D eigenvalue weighted by Gasteiger charge is 2.27. The Morgan fingerprint density at radius 3 is 2.64 bits per heavy atom. The van der Waals surface area contributed by atoms with Crippen molar-refractivity contribution in [1.82, 2.24) is 29.3 Å². The molecule has 172 valence electrons. The Labute approximate surface area is 197 Å². The minimum atomic E-state index is -0.115. The number of hydrogen-bond acceptors (Lipinski definition) is 7. The first-order valence-electron chi connectivity index (χ1n) is 11.2. The predicted octanol–water partition coefficient (Wildman–Crippen LogP) is 5.28. The summed E-state index contributed by atoms with van der Waals surface area (Å²) in [4.78, 5) is 13.8. The number of anilines is 2. The van der Waals surface area contributed by atoms with Crippen molar-refractivity contribution < 1.29 is 4.74 Å². The van der Waals surface area contributed by atoms with E-state index in [1.165, 1.54) is 24.1 Å². The van der Waals surface area contributed by atoms with Crippen LogP contribution in [0.3, 0.4) is 0 Å². The number of ether oxygens (including phenoxy) is 1. The van der Waals surface area contributed by atoms with Gasteiger partial charge >= 0.3 is 0 Å². The van der Waals surface area contributed by atoms with Gasteiger partial charge in [0.25, 0.3) is 0 Å². The molecule has 1 aliphatic carbocycles. The van der Waals surface area contributed by atoms with Gasteiger partial charge in [-0.3, -0.25) is 0 Å². The van der Waals surface area contributed by atoms with Crippen molar-refractivity contribution in [2.75, 3.05) is 12.4 Å². The normalized spacial score (nSPS) is 13.7. The van der Waals surface area contributed by atoms with E-state index in [-0.39, 0.29) is 5.54 Å². The van der Waals surface area contributed by atoms with Crippen molar-refractivity contribution in [2.24, 2.45) is 0 Å². The number of imidazole rings is 1. The predicted molar refractivity (Wildman–Crippen MR) is 131 cm³/mol. The van der Waals surface area contributed by atoms with Crippen molar-refractivity contribution in [3.8, 4) is 23.0 Å². The number of aryl methyl sites for hydroxylation is 2. The molecular weight excluding hydrogens is 434 g/mol. The number of methoxy groups -OCH3 is 1. The molecule has 4 aromatic rings. The maximum absolute atomic E-state index is 5.57. The van der Waals surface area contributed by atoms with Gasteiger partial charge in [-0.25, -0.2) is 19.6 Å². The molecule has 0 aliphatic heterocycles. The Kier molecular flexibility index (Phi) is 5.44. The molecule has 0 atom stereocenters. The lowest BCUT2D eigenvalue weighted by Crippen LogP contribution is -2.24. The highest BCUT2D eigenvalue weighted by molar-refractivity contribution is 7.14. The standard InChI is InChI=1S/C24H29N7OS/c1-15-12-30(14-25-15)20-11-10-18(26-22(20)32-5)19-13-33-23(27-19)28-21-16-8-6-7-9-17(16)29-31(21)24(2,3)4/h10-14H,6-9H2,1-5H3,(H,27,28). The van der Waals surface area contributed by atoms with E-state index in [9.17, 15) is 0 Å². The molecule has 0 spiro atoms. The van der Waals surface area contributed by atoms with E-state index in [0.29, 0.717) is 5.88 Å². The van der Waals surface area contributed by atoms with E-state index in [2.05, 4.69) is 35.8 Å². The van der Waals surface area contributed by atoms with Crippen LogP contribution in [0.2, 0.25) is 0 Å². The third kappa shape index (κ3) is 4.13. The zero-order valence-electron chi connectivity index (χ0n) is 19.7. The molecule has 0 aromatic carbocycles. The Hall–Kier alpha value is -3.20. The number of fused-ring (bicyclic) bond motifs is 1. The second-order valence-electron chi connectivity index (χ2n) is 9.37. The van der Waals surface area contributed by atoms with Crippen LogP contribution < -0.4 is 10.1 Å². The van der Waals surface area contributed by atoms with Gasteiger partial charge < -0.3 is 14.6 Å². The van der Waals surface area contributed by atoms with Crippen LogP contribution in [0.4, 0.5) is 10.9 Å². The topological polar surface area (TPSA) is 82.7 Å². The van der Waals surface area contributed by atoms with Crippen molar-refractivity contribution in [2.45, 2.75) is 58.9 Å². The van der Waals surface area contributed by atoms with E-state index >= 15 is 0 Å². The monoisotopic (exact) mass is 463 g/mol. The second kappa shape index (κ2) is 8.30. The minimum absolute atomic E-state index is 0.115. The lowest BCUT2D eigenvalue weighted by atomic mass is 9.97. The summed E-state index contributed by atoms with van der Waals surface area (Å²) >= 11 is 1.57. The zero-order chi connectivity index (χ0) is 23.2. The molecule has 9 heteroatoms. The summed E-state index contributed by atoms with van der Waals surface area (Å²) in [6, 6.07) is 3.95. The average Bonchev–Trinajstić information content (AvgIpc) is 3.52. The SMILES string of the molecule is COc1nc(-c2csc(Nc3c4c(nn3C(C)(C)C)CCCC4)n2)ccc1-n1cnc(C)c1. The van der Waals surface area contributed by atoms with E-state index < -0.39 is 0 Å². The molecule has 33 heavy (non-hydrogen) atoms. The summed E-state index contributed by atoms with van der Waals surface area (Å²) < 4.78 is 9.60. The summed E-state index contributed by atoms with van der Waals surface area (Å²) in [5, 5.41) is 11.4. The number of thiazole rings is 1. The molecule has 0 saturated heterocycles. The van der Waals surface area contributed by atoms with Crippen LogP contribution in [0.25, 0.3) is 17.1 Å². The molecule has 0 fully saturated rings. The number of rotatable bonds is 5. The Balaban J connectivity index is 1.46. The van der Waals surface area contributed by atoms with Gasteiger partial charge in [0, 0.05) is 17.1 Å². The number of hydrogen-bond donors (Lipinski definition) is 1. The summed E-state index contributed by atoms with van der Waals surface area (Å²) in [5.74, 6) is 1.60. The Morgan fingerprint density at radius 2 is 1.91 bits per heavy atom. The minimum Gasteiger partial charge on any atom is -0.479 e. The molecule has 4 heterocycles. The van der Waals surface area contributed by atoms with Gasteiger partial charge in [0.2, 0.25) is 5.88 Å². The van der Waals surface area contributed by atoms with E-state index in [4.69, 9.17) is 19.8 Å². The summed E-state index contributed by atoms with van der Waals surface area (Å²) in [7, 11) is 1.63. The lowest BCUT2D eigenvalue weighted by molar-refractivity contribution is 0.358. The molecule has 0 amide bonds. The highest BCUT2D eigenvalue weighted by atomic mass is 32.1. The van der Waals surface area contributed by atoms with Crippen LogP contribution >= 0.6 is 11.3 Å². The van der Waals surface area contributed by atoms with Crippen molar-refractivity contribution in [1.29, 1.82) is 0 Å². The maximum Gasteiger partial charge on any atom is 0.238 e. The molecule has 1 aliphatic rings. The molecule has 5 rings (SSSR count). The van der Waals surface area contributed by atoms with Gasteiger partial charge in [-0.15, -0.1) is 11.3 Å². The zero-order valence-corrected chi connectivity index (χ0v) is 20.5. The average molecular weight is 464 g/mol.